The van der Waals surface area contributed by atoms with Gasteiger partial charge < -0.3 is 14.9 Å². The van der Waals surface area contributed by atoms with Gasteiger partial charge in [-0.15, -0.1) is 0 Å². The van der Waals surface area contributed by atoms with Gasteiger partial charge in [0.25, 0.3) is 0 Å². The van der Waals surface area contributed by atoms with Gasteiger partial charge in [0, 0.05) is 30.7 Å². The van der Waals surface area contributed by atoms with Gasteiger partial charge in [-0.25, -0.2) is 0 Å². The highest BCUT2D eigenvalue weighted by atomic mass is 16.5. The number of likely N-dealkylation sites (tertiary alicyclic amines) is 1. The zero-order valence-corrected chi connectivity index (χ0v) is 21.5. The first-order chi connectivity index (χ1) is 17.5. The molecule has 2 bridgehead atoms. The molecule has 2 saturated carbocycles. The summed E-state index contributed by atoms with van der Waals surface area (Å²) in [5, 5.41) is 23.7. The van der Waals surface area contributed by atoms with Crippen molar-refractivity contribution in [1.29, 1.82) is 0 Å². The van der Waals surface area contributed by atoms with Gasteiger partial charge in [0.05, 0.1) is 11.0 Å². The molecule has 0 aromatic heterocycles. The van der Waals surface area contributed by atoms with Crippen molar-refractivity contribution in [2.24, 2.45) is 5.92 Å². The van der Waals surface area contributed by atoms with E-state index in [0.717, 1.165) is 76.2 Å². The van der Waals surface area contributed by atoms with Gasteiger partial charge in [-0.1, -0.05) is 49.7 Å². The molecule has 2 aliphatic heterocycles. The van der Waals surface area contributed by atoms with Crippen molar-refractivity contribution in [3.05, 3.63) is 59.2 Å². The molecule has 5 heteroatoms. The lowest BCUT2D eigenvalue weighted by Gasteiger charge is -2.65. The molecule has 5 nitrogen and oxygen atoms in total. The largest absolute Gasteiger partial charge is 0.504 e. The molecule has 1 saturated heterocycles. The number of nitrogens with zero attached hydrogens (tertiary/aromatic N) is 2. The van der Waals surface area contributed by atoms with E-state index in [1.807, 2.05) is 6.07 Å². The number of hydrogen-bond donors (Lipinski definition) is 2. The van der Waals surface area contributed by atoms with Crippen LogP contribution >= 0.6 is 0 Å². The molecule has 3 aliphatic carbocycles. The smallest absolute Gasteiger partial charge is 0.165 e. The monoisotopic (exact) mass is 488 g/mol. The number of benzene rings is 2. The minimum Gasteiger partial charge on any atom is -0.504 e. The lowest BCUT2D eigenvalue weighted by Crippen LogP contribution is -2.78. The van der Waals surface area contributed by atoms with Crippen LogP contribution in [0.25, 0.3) is 0 Å². The highest BCUT2D eigenvalue weighted by Crippen LogP contribution is 2.66. The van der Waals surface area contributed by atoms with E-state index in [4.69, 9.17) is 4.74 Å². The minimum atomic E-state index is -0.809. The summed E-state index contributed by atoms with van der Waals surface area (Å²) in [6, 6.07) is 15.1. The molecule has 5 atom stereocenters. The number of phenolic OH excluding ortho intramolecular Hbond substituents is 1. The summed E-state index contributed by atoms with van der Waals surface area (Å²) in [7, 11) is 0. The summed E-state index contributed by atoms with van der Waals surface area (Å²) in [5.74, 6) is 1.70. The molecule has 2 N–H and O–H groups in total. The number of hydrogen-bond acceptors (Lipinski definition) is 5. The Morgan fingerprint density at radius 2 is 1.92 bits per heavy atom. The molecule has 5 aliphatic rings. The standard InChI is InChI=1S/C31H40N2O3/c1-2-3-16-32(19-21-7-5-4-6-8-21)24-13-14-31(35)26-18-23-11-12-25(34)28-27(23)30(31,29(24)36-28)15-17-33(26)20-22-9-10-22/h4-8,11-12,22,24,26,29,34-35H,2-3,9-10,13-20H2,1H3/t24?,26-,29?,30+,31?/m1/s1. The van der Waals surface area contributed by atoms with Crippen LogP contribution in [0.15, 0.2) is 42.5 Å². The Labute approximate surface area is 215 Å². The van der Waals surface area contributed by atoms with Gasteiger partial charge in [-0.05, 0) is 81.1 Å². The molecule has 3 fully saturated rings. The Hall–Kier alpha value is -2.08. The molecular weight excluding hydrogens is 448 g/mol. The number of ether oxygens (including phenoxy) is 1. The number of aliphatic hydroxyl groups is 1. The van der Waals surface area contributed by atoms with Gasteiger partial charge >= 0.3 is 0 Å². The number of aromatic hydroxyl groups is 1. The molecule has 7 rings (SSSR count). The minimum absolute atomic E-state index is 0.134. The molecule has 0 amide bonds. The fraction of sp³-hybridized carbons (Fsp3) is 0.613. The fourth-order valence-electron chi connectivity index (χ4n) is 8.37. The van der Waals surface area contributed by atoms with E-state index in [1.54, 1.807) is 0 Å². The van der Waals surface area contributed by atoms with Gasteiger partial charge in [0.15, 0.2) is 11.5 Å². The molecule has 2 heterocycles. The Kier molecular flexibility index (Phi) is 5.43. The van der Waals surface area contributed by atoms with Crippen LogP contribution in [-0.4, -0.2) is 63.4 Å². The number of unbranched alkanes of at least 4 members (excludes halogenated alkanes) is 1. The Morgan fingerprint density at radius 1 is 1.08 bits per heavy atom. The third kappa shape index (κ3) is 3.25. The van der Waals surface area contributed by atoms with E-state index < -0.39 is 11.0 Å². The van der Waals surface area contributed by atoms with E-state index in [-0.39, 0.29) is 23.9 Å². The summed E-state index contributed by atoms with van der Waals surface area (Å²) >= 11 is 0. The Bertz CT molecular complexity index is 1130. The maximum absolute atomic E-state index is 12.7. The van der Waals surface area contributed by atoms with Crippen molar-refractivity contribution in [2.75, 3.05) is 19.6 Å². The van der Waals surface area contributed by atoms with Gasteiger partial charge in [-0.3, -0.25) is 9.80 Å². The highest BCUT2D eigenvalue weighted by Gasteiger charge is 2.73. The number of phenols is 1. The van der Waals surface area contributed by atoms with Gasteiger partial charge in [0.1, 0.15) is 6.10 Å². The van der Waals surface area contributed by atoms with Crippen molar-refractivity contribution in [3.63, 3.8) is 0 Å². The van der Waals surface area contributed by atoms with Crippen molar-refractivity contribution < 1.29 is 14.9 Å². The van der Waals surface area contributed by atoms with Crippen LogP contribution in [0.4, 0.5) is 0 Å². The summed E-state index contributed by atoms with van der Waals surface area (Å²) in [6.07, 6.45) is 8.33. The average molecular weight is 489 g/mol. The van der Waals surface area contributed by atoms with Crippen molar-refractivity contribution in [2.45, 2.75) is 94.0 Å². The van der Waals surface area contributed by atoms with E-state index in [2.05, 4.69) is 53.1 Å². The summed E-state index contributed by atoms with van der Waals surface area (Å²) < 4.78 is 6.84. The van der Waals surface area contributed by atoms with Crippen LogP contribution < -0.4 is 4.74 Å². The summed E-state index contributed by atoms with van der Waals surface area (Å²) in [6.45, 7) is 6.31. The maximum atomic E-state index is 12.7. The second-order valence-electron chi connectivity index (χ2n) is 12.2. The van der Waals surface area contributed by atoms with E-state index in [0.29, 0.717) is 5.75 Å². The van der Waals surface area contributed by atoms with Crippen molar-refractivity contribution in [1.82, 2.24) is 9.80 Å². The quantitative estimate of drug-likeness (QED) is 0.568. The SMILES string of the molecule is CCCCN(Cc1ccccc1)C1CCC2(O)[C@H]3Cc4ccc(O)c5c4[C@@]2(CCN3CC2CC2)C1O5. The Balaban J connectivity index is 1.31. The van der Waals surface area contributed by atoms with Crippen LogP contribution in [-0.2, 0) is 18.4 Å². The van der Waals surface area contributed by atoms with Crippen LogP contribution in [0.5, 0.6) is 11.5 Å². The molecule has 2 aromatic carbocycles. The summed E-state index contributed by atoms with van der Waals surface area (Å²) in [5.41, 5.74) is 2.49. The van der Waals surface area contributed by atoms with Gasteiger partial charge in [0.2, 0.25) is 0 Å². The molecule has 2 aromatic rings. The highest BCUT2D eigenvalue weighted by molar-refractivity contribution is 5.62. The Morgan fingerprint density at radius 3 is 2.69 bits per heavy atom. The lowest BCUT2D eigenvalue weighted by atomic mass is 9.48. The summed E-state index contributed by atoms with van der Waals surface area (Å²) in [4.78, 5) is 5.24. The third-order valence-corrected chi connectivity index (χ3v) is 10.2. The first-order valence-corrected chi connectivity index (χ1v) is 14.3. The first-order valence-electron chi connectivity index (χ1n) is 14.3. The number of piperidine rings is 1. The van der Waals surface area contributed by atoms with E-state index >= 15 is 0 Å². The normalized spacial score (nSPS) is 34.5. The second kappa shape index (κ2) is 8.47. The van der Waals surface area contributed by atoms with Crippen LogP contribution in [0.3, 0.4) is 0 Å². The zero-order valence-electron chi connectivity index (χ0n) is 21.5. The van der Waals surface area contributed by atoms with Crippen molar-refractivity contribution >= 4 is 0 Å². The predicted molar refractivity (Wildman–Crippen MR) is 140 cm³/mol. The maximum Gasteiger partial charge on any atom is 0.165 e. The van der Waals surface area contributed by atoms with Gasteiger partial charge in [-0.2, -0.15) is 0 Å². The molecule has 192 valence electrons. The number of rotatable bonds is 8. The molecular formula is C31H40N2O3. The topological polar surface area (TPSA) is 56.2 Å². The zero-order chi connectivity index (χ0) is 24.5. The molecule has 0 radical (unpaired) electrons. The van der Waals surface area contributed by atoms with Crippen molar-refractivity contribution in [3.8, 4) is 11.5 Å². The molecule has 3 unspecified atom stereocenters. The van der Waals surface area contributed by atoms with Crippen LogP contribution in [0.2, 0.25) is 0 Å². The average Bonchev–Trinajstić information content (AvgIpc) is 3.63. The fourth-order valence-corrected chi connectivity index (χ4v) is 8.37. The van der Waals surface area contributed by atoms with Crippen LogP contribution in [0.1, 0.15) is 68.6 Å². The van der Waals surface area contributed by atoms with Crippen LogP contribution in [0, 0.1) is 5.92 Å². The van der Waals surface area contributed by atoms with E-state index in [1.165, 1.54) is 24.0 Å². The van der Waals surface area contributed by atoms with E-state index in [9.17, 15) is 10.2 Å². The molecule has 36 heavy (non-hydrogen) atoms. The lowest BCUT2D eigenvalue weighted by molar-refractivity contribution is -0.201. The molecule has 1 spiro atoms. The third-order valence-electron chi connectivity index (χ3n) is 10.2. The first kappa shape index (κ1) is 23.1. The predicted octanol–water partition coefficient (Wildman–Crippen LogP) is 4.63. The second-order valence-corrected chi connectivity index (χ2v) is 12.2.